The van der Waals surface area contributed by atoms with E-state index in [0.717, 1.165) is 0 Å². The van der Waals surface area contributed by atoms with Gasteiger partial charge in [0.1, 0.15) is 6.82 Å². The highest BCUT2D eigenvalue weighted by Crippen LogP contribution is 2.92. The van der Waals surface area contributed by atoms with Gasteiger partial charge in [0, 0.05) is 23.7 Å². The maximum absolute atomic E-state index is 2.56. The van der Waals surface area contributed by atoms with E-state index in [1.807, 2.05) is 0 Å². The zero-order valence-electron chi connectivity index (χ0n) is 20.5. The summed E-state index contributed by atoms with van der Waals surface area (Å²) in [5.41, 5.74) is 0.602. The lowest BCUT2D eigenvalue weighted by molar-refractivity contribution is 0.298. The molecule has 182 valence electrons. The second kappa shape index (κ2) is 6.79. The van der Waals surface area contributed by atoms with Crippen LogP contribution in [0.5, 0.6) is 0 Å². The highest BCUT2D eigenvalue weighted by Gasteiger charge is 2.77. The Kier molecular flexibility index (Phi) is 5.47. The molecule has 8 fully saturated rings. The van der Waals surface area contributed by atoms with Gasteiger partial charge in [0.05, 0.1) is 24.5 Å². The molecule has 0 aromatic heterocycles. The molecule has 0 N–H and O–H groups in total. The van der Waals surface area contributed by atoms with Gasteiger partial charge in [-0.15, -0.1) is 94.1 Å². The number of thioether (sulfide) groups is 8. The van der Waals surface area contributed by atoms with E-state index in [-0.39, 0.29) is 23.1 Å². The first-order chi connectivity index (χ1) is 14.3. The van der Waals surface area contributed by atoms with Crippen LogP contribution in [0.1, 0.15) is 82.1 Å². The van der Waals surface area contributed by atoms with Gasteiger partial charge in [-0.05, 0) is 41.5 Å². The highest BCUT2D eigenvalue weighted by molar-refractivity contribution is 8.85. The third-order valence-corrected chi connectivity index (χ3v) is 30.4. The van der Waals surface area contributed by atoms with Gasteiger partial charge in [0.15, 0.2) is 0 Å². The summed E-state index contributed by atoms with van der Waals surface area (Å²) in [5.74, 6) is 0. The Hall–Kier alpha value is 3.50. The third kappa shape index (κ3) is 3.12. The van der Waals surface area contributed by atoms with Crippen LogP contribution >= 0.6 is 116 Å². The molecule has 32 heavy (non-hydrogen) atoms. The van der Waals surface area contributed by atoms with Crippen LogP contribution in [-0.2, 0) is 0 Å². The second-order valence-corrected chi connectivity index (χ2v) is 32.4. The van der Waals surface area contributed by atoms with E-state index in [0.29, 0.717) is 19.0 Å². The minimum Gasteiger partial charge on any atom is -0.126 e. The van der Waals surface area contributed by atoms with Gasteiger partial charge in [-0.2, -0.15) is 0 Å². The van der Waals surface area contributed by atoms with Crippen molar-refractivity contribution >= 4 is 116 Å². The lowest BCUT2D eigenvalue weighted by Gasteiger charge is -2.74. The zero-order chi connectivity index (χ0) is 23.5. The van der Waals surface area contributed by atoms with Crippen LogP contribution in [0.2, 0.25) is 0 Å². The van der Waals surface area contributed by atoms with Crippen LogP contribution in [-0.4, -0.2) is 31.3 Å². The second-order valence-electron chi connectivity index (χ2n) is 12.0. The van der Waals surface area contributed by atoms with Crippen molar-refractivity contribution in [3.63, 3.8) is 0 Å². The Morgan fingerprint density at radius 1 is 0.406 bits per heavy atom. The molecule has 0 amide bonds. The summed E-state index contributed by atoms with van der Waals surface area (Å²) in [6.07, 6.45) is 2.60. The molecule has 0 aromatic carbocycles. The average molecular weight is 619 g/mol. The maximum atomic E-state index is 2.56. The summed E-state index contributed by atoms with van der Waals surface area (Å²) >= 11 is 18.3. The van der Waals surface area contributed by atoms with Crippen molar-refractivity contribution in [3.05, 3.63) is 0 Å². The molecule has 0 aliphatic carbocycles. The molecule has 8 rings (SSSR count). The summed E-state index contributed by atoms with van der Waals surface area (Å²) in [6.45, 7) is 25.4. The average Bonchev–Trinajstić information content (AvgIpc) is 2.53. The molecule has 10 heteroatoms. The van der Waals surface area contributed by atoms with E-state index in [2.05, 4.69) is 185 Å². The lowest BCUT2D eigenvalue weighted by Crippen LogP contribution is -2.67. The SMILES string of the molecule is CC12CC3(SSC45CC6(C)SC(C)(S4)C(C)(C)C(C)(S6)S5)SC(C)(S1)C(C)(C)C(C)(S2)S3. The predicted molar refractivity (Wildman–Crippen MR) is 169 cm³/mol. The highest BCUT2D eigenvalue weighted by atomic mass is 33.1. The maximum Gasteiger partial charge on any atom is 0.121 e. The molecule has 0 saturated carbocycles. The van der Waals surface area contributed by atoms with E-state index in [4.69, 9.17) is 0 Å². The third-order valence-electron chi connectivity index (χ3n) is 8.96. The van der Waals surface area contributed by atoms with Gasteiger partial charge in [-0.3, -0.25) is 0 Å². The molecule has 0 radical (unpaired) electrons. The fourth-order valence-corrected chi connectivity index (χ4v) is 37.9. The molecular formula is C22H34S10. The molecule has 8 saturated heterocycles. The Labute approximate surface area is 237 Å². The topological polar surface area (TPSA) is 0 Å². The molecule has 0 spiro atoms. The number of hydrogen-bond donors (Lipinski definition) is 0. The van der Waals surface area contributed by atoms with Gasteiger partial charge >= 0.3 is 0 Å². The molecular weight excluding hydrogens is 585 g/mol. The molecule has 4 unspecified atom stereocenters. The Balaban J connectivity index is 1.33. The smallest absolute Gasteiger partial charge is 0.121 e. The lowest BCUT2D eigenvalue weighted by atomic mass is 9.84. The predicted octanol–water partition coefficient (Wildman–Crippen LogP) is 10.8. The monoisotopic (exact) mass is 618 g/mol. The van der Waals surface area contributed by atoms with E-state index in [9.17, 15) is 0 Å². The fourth-order valence-electron chi connectivity index (χ4n) is 6.18. The largest absolute Gasteiger partial charge is 0.126 e. The molecule has 0 nitrogen and oxygen atoms in total. The summed E-state index contributed by atoms with van der Waals surface area (Å²) in [4.78, 5) is 0. The van der Waals surface area contributed by atoms with Gasteiger partial charge in [-0.25, -0.2) is 0 Å². The standard InChI is InChI=1S/C22H34S10/c1-13(2)17(7)23-15(5)11-21(27-17,28-18(13,8)24-15)31-32-22-12-16(6)25-19(9,29-22)14(3,4)20(10,26-16)30-22/h11-12H2,1-10H3. The fraction of sp³-hybridized carbons (Fsp3) is 1.00. The molecule has 8 bridgehead atoms. The summed E-state index contributed by atoms with van der Waals surface area (Å²) < 4.78 is 2.30. The van der Waals surface area contributed by atoms with Crippen molar-refractivity contribution in [2.75, 3.05) is 0 Å². The van der Waals surface area contributed by atoms with Crippen molar-refractivity contribution in [2.24, 2.45) is 10.8 Å². The molecule has 0 aromatic rings. The van der Waals surface area contributed by atoms with Crippen LogP contribution in [0.25, 0.3) is 0 Å². The normalized spacial score (nSPS) is 63.2. The van der Waals surface area contributed by atoms with Crippen LogP contribution in [0.4, 0.5) is 0 Å². The quantitative estimate of drug-likeness (QED) is 0.279. The minimum atomic E-state index is 0.262. The Bertz CT molecular complexity index is 781. The Morgan fingerprint density at radius 3 is 0.906 bits per heavy atom. The van der Waals surface area contributed by atoms with Crippen molar-refractivity contribution in [3.8, 4) is 0 Å². The molecule has 8 aliphatic rings. The van der Waals surface area contributed by atoms with Gasteiger partial charge in [0.25, 0.3) is 0 Å². The van der Waals surface area contributed by atoms with Crippen molar-refractivity contribution in [2.45, 2.75) is 113 Å². The van der Waals surface area contributed by atoms with E-state index in [1.165, 1.54) is 12.8 Å². The summed E-state index contributed by atoms with van der Waals surface area (Å²) in [6, 6.07) is 0. The summed E-state index contributed by atoms with van der Waals surface area (Å²) in [7, 11) is 4.54. The first-order valence-corrected chi connectivity index (χ1v) is 19.9. The van der Waals surface area contributed by atoms with Gasteiger partial charge < -0.3 is 0 Å². The van der Waals surface area contributed by atoms with E-state index >= 15 is 0 Å². The Morgan fingerprint density at radius 2 is 0.656 bits per heavy atom. The number of hydrogen-bond acceptors (Lipinski definition) is 10. The van der Waals surface area contributed by atoms with E-state index < -0.39 is 0 Å². The molecule has 4 atom stereocenters. The van der Waals surface area contributed by atoms with Crippen molar-refractivity contribution in [1.29, 1.82) is 0 Å². The first kappa shape index (κ1) is 25.8. The van der Waals surface area contributed by atoms with Crippen LogP contribution in [0.3, 0.4) is 0 Å². The van der Waals surface area contributed by atoms with E-state index in [1.54, 1.807) is 0 Å². The van der Waals surface area contributed by atoms with Crippen molar-refractivity contribution < 1.29 is 0 Å². The number of rotatable bonds is 3. The van der Waals surface area contributed by atoms with Crippen molar-refractivity contribution in [1.82, 2.24) is 0 Å². The summed E-state index contributed by atoms with van der Waals surface area (Å²) in [5, 5.41) is 0. The minimum absolute atomic E-state index is 0.262. The van der Waals surface area contributed by atoms with Gasteiger partial charge in [-0.1, -0.05) is 49.3 Å². The van der Waals surface area contributed by atoms with Crippen LogP contribution < -0.4 is 0 Å². The first-order valence-electron chi connectivity index (χ1n) is 11.3. The van der Waals surface area contributed by atoms with Crippen LogP contribution in [0.15, 0.2) is 0 Å². The zero-order valence-corrected chi connectivity index (χ0v) is 28.7. The van der Waals surface area contributed by atoms with Crippen LogP contribution in [0, 0.1) is 10.8 Å². The molecule has 8 heterocycles. The van der Waals surface area contributed by atoms with Gasteiger partial charge in [0.2, 0.25) is 0 Å². The molecule has 8 aliphatic heterocycles.